The number of hydrogen-bond acceptors (Lipinski definition) is 6. The van der Waals surface area contributed by atoms with E-state index >= 15 is 0 Å². The van der Waals surface area contributed by atoms with Crippen LogP contribution in [0.1, 0.15) is 26.7 Å². The monoisotopic (exact) mass is 484 g/mol. The fourth-order valence-corrected chi connectivity index (χ4v) is 4.46. The van der Waals surface area contributed by atoms with Crippen molar-refractivity contribution in [2.45, 2.75) is 26.7 Å². The summed E-state index contributed by atoms with van der Waals surface area (Å²) in [6.07, 6.45) is 0.332. The van der Waals surface area contributed by atoms with Crippen molar-refractivity contribution >= 4 is 33.2 Å². The molecule has 0 saturated heterocycles. The van der Waals surface area contributed by atoms with E-state index in [9.17, 15) is 13.2 Å². The van der Waals surface area contributed by atoms with Gasteiger partial charge in [0, 0.05) is 30.2 Å². The molecule has 8 nitrogen and oxygen atoms in total. The lowest BCUT2D eigenvalue weighted by Gasteiger charge is -2.18. The van der Waals surface area contributed by atoms with E-state index < -0.39 is 10.0 Å². The molecule has 0 unspecified atom stereocenters. The zero-order valence-electron chi connectivity index (χ0n) is 18.7. The predicted molar refractivity (Wildman–Crippen MR) is 126 cm³/mol. The standard InChI is InChI=1S/C22H29ClN2O6S/c1-5-24-22(26)8-7-11-32(27,28)25-19-10-9-15(31-6-2)12-16(19)17-13-21(30-4)18(23)14-20(17)29-3/h9-10,12-14,25H,5-8,11H2,1-4H3,(H,24,26). The van der Waals surface area contributed by atoms with Crippen molar-refractivity contribution in [2.24, 2.45) is 0 Å². The molecule has 2 rings (SSSR count). The van der Waals surface area contributed by atoms with E-state index in [-0.39, 0.29) is 24.5 Å². The molecular weight excluding hydrogens is 456 g/mol. The third-order valence-corrected chi connectivity index (χ3v) is 6.17. The maximum atomic E-state index is 12.7. The molecule has 0 aromatic heterocycles. The second kappa shape index (κ2) is 11.8. The molecule has 0 aliphatic carbocycles. The van der Waals surface area contributed by atoms with Gasteiger partial charge < -0.3 is 19.5 Å². The molecule has 32 heavy (non-hydrogen) atoms. The Morgan fingerprint density at radius 1 is 1.03 bits per heavy atom. The van der Waals surface area contributed by atoms with E-state index in [0.717, 1.165) is 0 Å². The minimum Gasteiger partial charge on any atom is -0.496 e. The highest BCUT2D eigenvalue weighted by Gasteiger charge is 2.19. The zero-order chi connectivity index (χ0) is 23.7. The van der Waals surface area contributed by atoms with Crippen LogP contribution in [-0.4, -0.2) is 47.4 Å². The smallest absolute Gasteiger partial charge is 0.232 e. The lowest BCUT2D eigenvalue weighted by atomic mass is 10.0. The molecule has 0 spiro atoms. The second-order valence-electron chi connectivity index (χ2n) is 6.81. The molecule has 1 amide bonds. The number of benzene rings is 2. The van der Waals surface area contributed by atoms with Gasteiger partial charge in [0.25, 0.3) is 0 Å². The van der Waals surface area contributed by atoms with Crippen LogP contribution in [0.3, 0.4) is 0 Å². The molecule has 2 aromatic carbocycles. The minimum atomic E-state index is -3.71. The van der Waals surface area contributed by atoms with Gasteiger partial charge in [-0.15, -0.1) is 0 Å². The van der Waals surface area contributed by atoms with Gasteiger partial charge in [-0.2, -0.15) is 0 Å². The average Bonchev–Trinajstić information content (AvgIpc) is 2.74. The highest BCUT2D eigenvalue weighted by Crippen LogP contribution is 2.42. The van der Waals surface area contributed by atoms with Crippen molar-refractivity contribution in [1.29, 1.82) is 0 Å². The van der Waals surface area contributed by atoms with Crippen LogP contribution in [0, 0.1) is 0 Å². The Morgan fingerprint density at radius 3 is 2.38 bits per heavy atom. The summed E-state index contributed by atoms with van der Waals surface area (Å²) < 4.78 is 44.5. The van der Waals surface area contributed by atoms with Crippen LogP contribution < -0.4 is 24.2 Å². The maximum absolute atomic E-state index is 12.7. The van der Waals surface area contributed by atoms with E-state index in [1.807, 2.05) is 13.8 Å². The van der Waals surface area contributed by atoms with E-state index in [2.05, 4.69) is 10.0 Å². The van der Waals surface area contributed by atoms with Gasteiger partial charge in [-0.05, 0) is 44.5 Å². The highest BCUT2D eigenvalue weighted by atomic mass is 35.5. The van der Waals surface area contributed by atoms with Crippen LogP contribution in [0.2, 0.25) is 5.02 Å². The first-order chi connectivity index (χ1) is 15.2. The minimum absolute atomic E-state index is 0.132. The van der Waals surface area contributed by atoms with Crippen molar-refractivity contribution in [3.63, 3.8) is 0 Å². The van der Waals surface area contributed by atoms with E-state index in [0.29, 0.717) is 52.2 Å². The number of hydrogen-bond donors (Lipinski definition) is 2. The first kappa shape index (κ1) is 25.6. The summed E-state index contributed by atoms with van der Waals surface area (Å²) in [5.74, 6) is 1.05. The number of halogens is 1. The maximum Gasteiger partial charge on any atom is 0.232 e. The number of methoxy groups -OCH3 is 2. The van der Waals surface area contributed by atoms with Crippen LogP contribution in [0.4, 0.5) is 5.69 Å². The summed E-state index contributed by atoms with van der Waals surface area (Å²) in [6.45, 7) is 4.62. The molecule has 2 N–H and O–H groups in total. The molecule has 0 aliphatic rings. The predicted octanol–water partition coefficient (Wildman–Crippen LogP) is 4.08. The summed E-state index contributed by atoms with van der Waals surface area (Å²) in [7, 11) is -0.722. The molecule has 0 bridgehead atoms. The molecule has 0 saturated carbocycles. The lowest BCUT2D eigenvalue weighted by molar-refractivity contribution is -0.120. The number of carbonyl (C=O) groups excluding carboxylic acids is 1. The van der Waals surface area contributed by atoms with Crippen LogP contribution in [0.25, 0.3) is 11.1 Å². The van der Waals surface area contributed by atoms with Crippen molar-refractivity contribution < 1.29 is 27.4 Å². The number of sulfonamides is 1. The molecule has 0 radical (unpaired) electrons. The number of rotatable bonds is 12. The van der Waals surface area contributed by atoms with Gasteiger partial charge in [-0.25, -0.2) is 8.42 Å². The number of nitrogens with one attached hydrogen (secondary N) is 2. The Bertz CT molecular complexity index is 1040. The average molecular weight is 485 g/mol. The van der Waals surface area contributed by atoms with Crippen molar-refractivity contribution in [3.8, 4) is 28.4 Å². The highest BCUT2D eigenvalue weighted by molar-refractivity contribution is 7.92. The summed E-state index contributed by atoms with van der Waals surface area (Å²) in [6, 6.07) is 8.31. The van der Waals surface area contributed by atoms with E-state index in [1.165, 1.54) is 14.2 Å². The molecule has 2 aromatic rings. The van der Waals surface area contributed by atoms with Crippen molar-refractivity contribution in [1.82, 2.24) is 5.32 Å². The Kier molecular flexibility index (Phi) is 9.46. The molecular formula is C22H29ClN2O6S. The Labute approximate surface area is 194 Å². The number of carbonyl (C=O) groups is 1. The Morgan fingerprint density at radius 2 is 1.75 bits per heavy atom. The lowest BCUT2D eigenvalue weighted by Crippen LogP contribution is -2.24. The SMILES string of the molecule is CCNC(=O)CCCS(=O)(=O)Nc1ccc(OCC)cc1-c1cc(OC)c(Cl)cc1OC. The number of ether oxygens (including phenoxy) is 3. The molecule has 0 heterocycles. The van der Waals surface area contributed by atoms with Crippen LogP contribution in [-0.2, 0) is 14.8 Å². The first-order valence-electron chi connectivity index (χ1n) is 10.2. The van der Waals surface area contributed by atoms with Gasteiger partial charge in [-0.3, -0.25) is 9.52 Å². The summed E-state index contributed by atoms with van der Waals surface area (Å²) in [4.78, 5) is 11.6. The van der Waals surface area contributed by atoms with Gasteiger partial charge in [0.1, 0.15) is 17.2 Å². The third-order valence-electron chi connectivity index (χ3n) is 4.52. The van der Waals surface area contributed by atoms with E-state index in [4.69, 9.17) is 25.8 Å². The first-order valence-corrected chi connectivity index (χ1v) is 12.2. The van der Waals surface area contributed by atoms with Crippen LogP contribution >= 0.6 is 11.6 Å². The van der Waals surface area contributed by atoms with Gasteiger partial charge in [-0.1, -0.05) is 11.6 Å². The summed E-state index contributed by atoms with van der Waals surface area (Å²) in [5.41, 5.74) is 1.46. The fourth-order valence-electron chi connectivity index (χ4n) is 3.09. The Balaban J connectivity index is 2.42. The van der Waals surface area contributed by atoms with Gasteiger partial charge in [0.05, 0.1) is 37.3 Å². The molecule has 0 atom stereocenters. The number of anilines is 1. The molecule has 0 aliphatic heterocycles. The third kappa shape index (κ3) is 6.93. The second-order valence-corrected chi connectivity index (χ2v) is 9.05. The molecule has 0 fully saturated rings. The van der Waals surface area contributed by atoms with Gasteiger partial charge in [0.15, 0.2) is 0 Å². The summed E-state index contributed by atoms with van der Waals surface area (Å²) in [5, 5.41) is 3.02. The number of amides is 1. The summed E-state index contributed by atoms with van der Waals surface area (Å²) >= 11 is 6.23. The largest absolute Gasteiger partial charge is 0.496 e. The quantitative estimate of drug-likeness (QED) is 0.470. The van der Waals surface area contributed by atoms with Crippen molar-refractivity contribution in [2.75, 3.05) is 37.8 Å². The van der Waals surface area contributed by atoms with Crippen LogP contribution in [0.5, 0.6) is 17.2 Å². The molecule has 10 heteroatoms. The van der Waals surface area contributed by atoms with Crippen molar-refractivity contribution in [3.05, 3.63) is 35.4 Å². The molecule has 176 valence electrons. The Hall–Kier alpha value is -2.65. The fraction of sp³-hybridized carbons (Fsp3) is 0.409. The van der Waals surface area contributed by atoms with E-state index in [1.54, 1.807) is 30.3 Å². The van der Waals surface area contributed by atoms with Crippen LogP contribution in [0.15, 0.2) is 30.3 Å². The van der Waals surface area contributed by atoms with Gasteiger partial charge in [0.2, 0.25) is 15.9 Å². The van der Waals surface area contributed by atoms with Gasteiger partial charge >= 0.3 is 0 Å². The zero-order valence-corrected chi connectivity index (χ0v) is 20.2. The topological polar surface area (TPSA) is 103 Å². The normalized spacial score (nSPS) is 11.0.